The molecule has 0 aliphatic heterocycles. The first-order chi connectivity index (χ1) is 13.9. The lowest BCUT2D eigenvalue weighted by molar-refractivity contribution is -0.113. The highest BCUT2D eigenvalue weighted by Gasteiger charge is 2.16. The predicted octanol–water partition coefficient (Wildman–Crippen LogP) is 2.38. The van der Waals surface area contributed by atoms with E-state index in [0.717, 1.165) is 23.5 Å². The molecule has 0 saturated carbocycles. The van der Waals surface area contributed by atoms with E-state index in [1.165, 1.54) is 6.33 Å². The number of primary amides is 1. The van der Waals surface area contributed by atoms with Crippen LogP contribution in [0.3, 0.4) is 0 Å². The molecule has 0 radical (unpaired) electrons. The summed E-state index contributed by atoms with van der Waals surface area (Å²) in [6.45, 7) is 0. The summed E-state index contributed by atoms with van der Waals surface area (Å²) in [4.78, 5) is 23.4. The van der Waals surface area contributed by atoms with E-state index in [1.54, 1.807) is 35.9 Å². The van der Waals surface area contributed by atoms with Gasteiger partial charge in [-0.2, -0.15) is 0 Å². The molecule has 0 aliphatic carbocycles. The summed E-state index contributed by atoms with van der Waals surface area (Å²) < 4.78 is 34.2. The van der Waals surface area contributed by atoms with Crippen molar-refractivity contribution in [3.05, 3.63) is 59.9 Å². The van der Waals surface area contributed by atoms with Crippen LogP contribution < -0.4 is 15.8 Å². The Morgan fingerprint density at radius 2 is 1.93 bits per heavy atom. The van der Waals surface area contributed by atoms with Crippen molar-refractivity contribution in [3.63, 3.8) is 0 Å². The number of rotatable bonds is 7. The summed E-state index contributed by atoms with van der Waals surface area (Å²) in [6.07, 6.45) is 1.49. The Kier molecular flexibility index (Phi) is 6.07. The molecule has 1 heterocycles. The SMILES string of the molecule is COc1ccc(-n2cnnc2SCC(=O)Nc2cc(C(N)=O)c(F)cc2F)cc1. The van der Waals surface area contributed by atoms with E-state index < -0.39 is 29.0 Å². The average molecular weight is 419 g/mol. The molecule has 3 N–H and O–H groups in total. The van der Waals surface area contributed by atoms with Gasteiger partial charge in [-0.1, -0.05) is 11.8 Å². The van der Waals surface area contributed by atoms with Crippen LogP contribution in [-0.2, 0) is 4.79 Å². The number of thioether (sulfide) groups is 1. The van der Waals surface area contributed by atoms with Crippen molar-refractivity contribution < 1.29 is 23.1 Å². The second-order valence-corrected chi connectivity index (χ2v) is 6.64. The van der Waals surface area contributed by atoms with Gasteiger partial charge < -0.3 is 15.8 Å². The highest BCUT2D eigenvalue weighted by atomic mass is 32.2. The van der Waals surface area contributed by atoms with Crippen LogP contribution in [0.5, 0.6) is 5.75 Å². The van der Waals surface area contributed by atoms with Gasteiger partial charge in [0.05, 0.1) is 24.1 Å². The van der Waals surface area contributed by atoms with Gasteiger partial charge in [0.15, 0.2) is 5.16 Å². The number of aromatic nitrogens is 3. The Bertz CT molecular complexity index is 1060. The summed E-state index contributed by atoms with van der Waals surface area (Å²) in [5.41, 5.74) is 4.93. The maximum atomic E-state index is 13.9. The lowest BCUT2D eigenvalue weighted by Gasteiger charge is -2.09. The van der Waals surface area contributed by atoms with Crippen molar-refractivity contribution in [2.45, 2.75) is 5.16 Å². The largest absolute Gasteiger partial charge is 0.497 e. The molecule has 0 saturated heterocycles. The van der Waals surface area contributed by atoms with Crippen LogP contribution in [0.4, 0.5) is 14.5 Å². The number of halogens is 2. The number of amides is 2. The minimum absolute atomic E-state index is 0.127. The van der Waals surface area contributed by atoms with Gasteiger partial charge >= 0.3 is 0 Å². The van der Waals surface area contributed by atoms with E-state index in [2.05, 4.69) is 15.5 Å². The molecule has 0 atom stereocenters. The van der Waals surface area contributed by atoms with Crippen LogP contribution in [-0.4, -0.2) is 39.4 Å². The van der Waals surface area contributed by atoms with Crippen molar-refractivity contribution in [1.82, 2.24) is 14.8 Å². The highest BCUT2D eigenvalue weighted by Crippen LogP contribution is 2.23. The van der Waals surface area contributed by atoms with Crippen LogP contribution >= 0.6 is 11.8 Å². The summed E-state index contributed by atoms with van der Waals surface area (Å²) >= 11 is 1.06. The molecule has 150 valence electrons. The lowest BCUT2D eigenvalue weighted by Crippen LogP contribution is -2.18. The number of anilines is 1. The zero-order valence-corrected chi connectivity index (χ0v) is 15.9. The molecule has 0 spiro atoms. The molecule has 2 aromatic carbocycles. The van der Waals surface area contributed by atoms with Crippen LogP contribution in [0.25, 0.3) is 5.69 Å². The topological polar surface area (TPSA) is 112 Å². The maximum Gasteiger partial charge on any atom is 0.251 e. The van der Waals surface area contributed by atoms with E-state index in [0.29, 0.717) is 17.0 Å². The first-order valence-electron chi connectivity index (χ1n) is 8.15. The molecular weight excluding hydrogens is 404 g/mol. The normalized spacial score (nSPS) is 10.6. The van der Waals surface area contributed by atoms with Gasteiger partial charge in [-0.15, -0.1) is 10.2 Å². The second kappa shape index (κ2) is 8.69. The Balaban J connectivity index is 1.69. The quantitative estimate of drug-likeness (QED) is 0.569. The molecule has 0 unspecified atom stereocenters. The zero-order chi connectivity index (χ0) is 21.0. The molecule has 3 rings (SSSR count). The van der Waals surface area contributed by atoms with Crippen LogP contribution in [0.2, 0.25) is 0 Å². The number of methoxy groups -OCH3 is 1. The van der Waals surface area contributed by atoms with Crippen LogP contribution in [0.1, 0.15) is 10.4 Å². The maximum absolute atomic E-state index is 13.9. The highest BCUT2D eigenvalue weighted by molar-refractivity contribution is 7.99. The van der Waals surface area contributed by atoms with Gasteiger partial charge in [0, 0.05) is 11.8 Å². The van der Waals surface area contributed by atoms with Gasteiger partial charge in [0.25, 0.3) is 5.91 Å². The van der Waals surface area contributed by atoms with E-state index in [1.807, 2.05) is 0 Å². The molecule has 0 fully saturated rings. The molecule has 8 nitrogen and oxygen atoms in total. The second-order valence-electron chi connectivity index (χ2n) is 5.69. The van der Waals surface area contributed by atoms with Crippen molar-refractivity contribution in [2.75, 3.05) is 18.2 Å². The Morgan fingerprint density at radius 1 is 1.21 bits per heavy atom. The smallest absolute Gasteiger partial charge is 0.251 e. The molecule has 2 amide bonds. The summed E-state index contributed by atoms with van der Waals surface area (Å²) in [5.74, 6) is -3.22. The number of hydrogen-bond donors (Lipinski definition) is 2. The number of ether oxygens (including phenoxy) is 1. The summed E-state index contributed by atoms with van der Waals surface area (Å²) in [5, 5.41) is 10.5. The fourth-order valence-electron chi connectivity index (χ4n) is 2.39. The standard InChI is InChI=1S/C18H15F2N5O3S/c1-28-11-4-2-10(3-5-11)25-9-22-24-18(25)29-8-16(26)23-15-6-12(17(21)27)13(19)7-14(15)20/h2-7,9H,8H2,1H3,(H2,21,27)(H,23,26). The lowest BCUT2D eigenvalue weighted by atomic mass is 10.1. The number of nitrogens with one attached hydrogen (secondary N) is 1. The zero-order valence-electron chi connectivity index (χ0n) is 15.1. The van der Waals surface area contributed by atoms with Crippen LogP contribution in [0, 0.1) is 11.6 Å². The van der Waals surface area contributed by atoms with Crippen molar-refractivity contribution in [2.24, 2.45) is 5.73 Å². The molecule has 0 bridgehead atoms. The first-order valence-corrected chi connectivity index (χ1v) is 9.13. The van der Waals surface area contributed by atoms with Crippen LogP contribution in [0.15, 0.2) is 47.9 Å². The fourth-order valence-corrected chi connectivity index (χ4v) is 3.12. The third-order valence-electron chi connectivity index (χ3n) is 3.80. The minimum Gasteiger partial charge on any atom is -0.497 e. The summed E-state index contributed by atoms with van der Waals surface area (Å²) in [6, 6.07) is 8.48. The number of hydrogen-bond acceptors (Lipinski definition) is 6. The molecule has 3 aromatic rings. The fraction of sp³-hybridized carbons (Fsp3) is 0.111. The van der Waals surface area contributed by atoms with Gasteiger partial charge in [0.2, 0.25) is 5.91 Å². The number of nitrogens with two attached hydrogens (primary N) is 1. The third-order valence-corrected chi connectivity index (χ3v) is 4.74. The van der Waals surface area contributed by atoms with E-state index in [-0.39, 0.29) is 11.4 Å². The number of carbonyl (C=O) groups is 2. The number of benzene rings is 2. The third kappa shape index (κ3) is 4.69. The predicted molar refractivity (Wildman–Crippen MR) is 102 cm³/mol. The summed E-state index contributed by atoms with van der Waals surface area (Å²) in [7, 11) is 1.56. The van der Waals surface area contributed by atoms with Crippen molar-refractivity contribution in [3.8, 4) is 11.4 Å². The minimum atomic E-state index is -1.10. The van der Waals surface area contributed by atoms with Crippen molar-refractivity contribution >= 4 is 29.3 Å². The molecule has 0 aliphatic rings. The van der Waals surface area contributed by atoms with Gasteiger partial charge in [-0.3, -0.25) is 14.2 Å². The van der Waals surface area contributed by atoms with E-state index in [9.17, 15) is 18.4 Å². The Hall–Kier alpha value is -3.47. The molecule has 11 heteroatoms. The van der Waals surface area contributed by atoms with E-state index in [4.69, 9.17) is 10.5 Å². The Labute approximate surface area is 168 Å². The first kappa shape index (κ1) is 20.3. The van der Waals surface area contributed by atoms with Gasteiger partial charge in [0.1, 0.15) is 23.7 Å². The van der Waals surface area contributed by atoms with Crippen molar-refractivity contribution in [1.29, 1.82) is 0 Å². The average Bonchev–Trinajstić information content (AvgIpc) is 3.17. The Morgan fingerprint density at radius 3 is 2.59 bits per heavy atom. The van der Waals surface area contributed by atoms with Gasteiger partial charge in [-0.25, -0.2) is 8.78 Å². The molecule has 1 aromatic heterocycles. The number of carbonyl (C=O) groups excluding carboxylic acids is 2. The molecule has 29 heavy (non-hydrogen) atoms. The molecular formula is C18H15F2N5O3S. The van der Waals surface area contributed by atoms with E-state index >= 15 is 0 Å². The number of nitrogens with zero attached hydrogens (tertiary/aromatic N) is 3. The monoisotopic (exact) mass is 419 g/mol. The van der Waals surface area contributed by atoms with Gasteiger partial charge in [-0.05, 0) is 30.3 Å².